The molecule has 1 aromatic heterocycles. The van der Waals surface area contributed by atoms with Crippen LogP contribution in [0.3, 0.4) is 0 Å². The molecule has 55 heavy (non-hydrogen) atoms. The van der Waals surface area contributed by atoms with E-state index in [1.807, 2.05) is 12.1 Å². The first-order chi connectivity index (χ1) is 26.4. The van der Waals surface area contributed by atoms with Gasteiger partial charge in [-0.15, -0.1) is 0 Å². The standard InChI is InChI=1S/C39H49FN8O7/c1-6-47(7-2)19-18-42-37(52)36-24(3)31(46-25(36)4)21-30-29-20-27(40)10-13-32(29)48(38(30)53)39(54)43-17-16-41-33(49)14-15-34(50)45-23-35(51)44-22-26-8-11-28(55-5)12-9-26/h8-13,20-21,46H,6-7,14-19,22-23H2,1-5H3,(H,41,49)(H,42,52)(H,43,54)(H,44,51)(H,45,50)/b30-21-. The zero-order chi connectivity index (χ0) is 40.1. The topological polar surface area (TPSA) is 194 Å². The number of halogens is 1. The highest BCUT2D eigenvalue weighted by Crippen LogP contribution is 2.39. The molecule has 7 amide bonds. The number of imide groups is 1. The summed E-state index contributed by atoms with van der Waals surface area (Å²) in [5.41, 5.74) is 3.40. The number of benzene rings is 2. The molecule has 2 aromatic carbocycles. The zero-order valence-electron chi connectivity index (χ0n) is 31.8. The highest BCUT2D eigenvalue weighted by Gasteiger charge is 2.37. The molecule has 2 heterocycles. The maximum absolute atomic E-state index is 14.4. The van der Waals surface area contributed by atoms with Crippen LogP contribution in [-0.2, 0) is 25.7 Å². The van der Waals surface area contributed by atoms with Crippen LogP contribution in [0.1, 0.15) is 65.1 Å². The number of methoxy groups -OCH3 is 1. The van der Waals surface area contributed by atoms with Gasteiger partial charge in [-0.05, 0) is 74.5 Å². The molecule has 1 aliphatic heterocycles. The molecule has 0 unspecified atom stereocenters. The number of nitrogens with zero attached hydrogens (tertiary/aromatic N) is 2. The first kappa shape index (κ1) is 41.7. The van der Waals surface area contributed by atoms with Crippen molar-refractivity contribution in [3.63, 3.8) is 0 Å². The van der Waals surface area contributed by atoms with E-state index in [2.05, 4.69) is 50.3 Å². The summed E-state index contributed by atoms with van der Waals surface area (Å²) in [7, 11) is 1.56. The molecule has 6 N–H and O–H groups in total. The van der Waals surface area contributed by atoms with E-state index >= 15 is 0 Å². The largest absolute Gasteiger partial charge is 0.497 e. The van der Waals surface area contributed by atoms with E-state index in [0.717, 1.165) is 29.6 Å². The van der Waals surface area contributed by atoms with Gasteiger partial charge in [0.15, 0.2) is 0 Å². The molecule has 0 saturated heterocycles. The number of hydrogen-bond acceptors (Lipinski definition) is 8. The number of amides is 7. The third-order valence-corrected chi connectivity index (χ3v) is 9.12. The number of anilines is 1. The van der Waals surface area contributed by atoms with Crippen LogP contribution in [0.25, 0.3) is 11.6 Å². The van der Waals surface area contributed by atoms with E-state index in [4.69, 9.17) is 4.74 Å². The van der Waals surface area contributed by atoms with E-state index in [-0.39, 0.29) is 67.7 Å². The Morgan fingerprint density at radius 3 is 2.20 bits per heavy atom. The number of carbonyl (C=O) groups excluding carboxylic acids is 6. The number of likely N-dealkylation sites (N-methyl/N-ethyl adjacent to an activating group) is 1. The van der Waals surface area contributed by atoms with Crippen LogP contribution < -0.4 is 36.2 Å². The van der Waals surface area contributed by atoms with Crippen LogP contribution in [0.2, 0.25) is 0 Å². The number of urea groups is 1. The summed E-state index contributed by atoms with van der Waals surface area (Å²) < 4.78 is 19.5. The van der Waals surface area contributed by atoms with Crippen LogP contribution in [0, 0.1) is 19.7 Å². The van der Waals surface area contributed by atoms with Crippen LogP contribution in [0.5, 0.6) is 5.75 Å². The Morgan fingerprint density at radius 2 is 1.53 bits per heavy atom. The molecular weight excluding hydrogens is 711 g/mol. The summed E-state index contributed by atoms with van der Waals surface area (Å²) in [6.07, 6.45) is 1.20. The van der Waals surface area contributed by atoms with Gasteiger partial charge in [0.1, 0.15) is 11.6 Å². The summed E-state index contributed by atoms with van der Waals surface area (Å²) in [6, 6.07) is 10.0. The third kappa shape index (κ3) is 11.2. The van der Waals surface area contributed by atoms with E-state index < -0.39 is 29.6 Å². The van der Waals surface area contributed by atoms with Crippen molar-refractivity contribution in [3.8, 4) is 5.75 Å². The minimum atomic E-state index is -0.784. The normalized spacial score (nSPS) is 12.7. The predicted octanol–water partition coefficient (Wildman–Crippen LogP) is 2.78. The monoisotopic (exact) mass is 760 g/mol. The smallest absolute Gasteiger partial charge is 0.329 e. The summed E-state index contributed by atoms with van der Waals surface area (Å²) in [4.78, 5) is 82.8. The number of carbonyl (C=O) groups is 6. The van der Waals surface area contributed by atoms with Crippen molar-refractivity contribution in [2.75, 3.05) is 57.8 Å². The highest BCUT2D eigenvalue weighted by molar-refractivity contribution is 6.42. The molecule has 15 nitrogen and oxygen atoms in total. The number of rotatable bonds is 18. The molecule has 16 heteroatoms. The van der Waals surface area contributed by atoms with Crippen molar-refractivity contribution in [2.24, 2.45) is 0 Å². The molecule has 0 spiro atoms. The molecule has 3 aromatic rings. The number of aryl methyl sites for hydroxylation is 1. The van der Waals surface area contributed by atoms with Gasteiger partial charge in [0.05, 0.1) is 30.5 Å². The van der Waals surface area contributed by atoms with Crippen LogP contribution in [-0.4, -0.2) is 98.4 Å². The second-order valence-electron chi connectivity index (χ2n) is 12.8. The molecule has 4 rings (SSSR count). The van der Waals surface area contributed by atoms with E-state index in [9.17, 15) is 33.2 Å². The van der Waals surface area contributed by atoms with Crippen LogP contribution >= 0.6 is 0 Å². The fourth-order valence-electron chi connectivity index (χ4n) is 6.00. The third-order valence-electron chi connectivity index (χ3n) is 9.12. The van der Waals surface area contributed by atoms with Gasteiger partial charge in [-0.1, -0.05) is 26.0 Å². The first-order valence-corrected chi connectivity index (χ1v) is 18.1. The molecule has 0 aliphatic carbocycles. The van der Waals surface area contributed by atoms with Gasteiger partial charge in [-0.3, -0.25) is 24.0 Å². The van der Waals surface area contributed by atoms with Gasteiger partial charge in [-0.2, -0.15) is 0 Å². The number of aromatic amines is 1. The molecular formula is C39H49FN8O7. The van der Waals surface area contributed by atoms with Gasteiger partial charge in [0.2, 0.25) is 17.7 Å². The summed E-state index contributed by atoms with van der Waals surface area (Å²) in [5, 5.41) is 13.3. The number of aromatic nitrogens is 1. The highest BCUT2D eigenvalue weighted by atomic mass is 19.1. The van der Waals surface area contributed by atoms with Crippen molar-refractivity contribution >= 4 is 52.9 Å². The second kappa shape index (κ2) is 19.9. The molecule has 0 radical (unpaired) electrons. The number of H-pyrrole nitrogens is 1. The zero-order valence-corrected chi connectivity index (χ0v) is 31.8. The Kier molecular flexibility index (Phi) is 15.1. The molecule has 0 bridgehead atoms. The van der Waals surface area contributed by atoms with Crippen molar-refractivity contribution in [1.82, 2.24) is 36.5 Å². The van der Waals surface area contributed by atoms with E-state index in [0.29, 0.717) is 41.4 Å². The van der Waals surface area contributed by atoms with Gasteiger partial charge >= 0.3 is 6.03 Å². The molecule has 294 valence electrons. The minimum absolute atomic E-state index is 0.00166. The Labute approximate surface area is 319 Å². The van der Waals surface area contributed by atoms with E-state index in [1.165, 1.54) is 18.2 Å². The quantitative estimate of drug-likeness (QED) is 0.0842. The molecule has 0 saturated carbocycles. The summed E-state index contributed by atoms with van der Waals surface area (Å²) >= 11 is 0. The van der Waals surface area contributed by atoms with Crippen molar-refractivity contribution in [3.05, 3.63) is 81.9 Å². The lowest BCUT2D eigenvalue weighted by Crippen LogP contribution is -2.44. The van der Waals surface area contributed by atoms with Gasteiger partial charge in [0.25, 0.3) is 11.8 Å². The van der Waals surface area contributed by atoms with Crippen LogP contribution in [0.15, 0.2) is 42.5 Å². The number of ether oxygens (including phenoxy) is 1. The van der Waals surface area contributed by atoms with Gasteiger partial charge in [-0.25, -0.2) is 14.1 Å². The summed E-state index contributed by atoms with van der Waals surface area (Å²) in [5.74, 6) is -2.18. The van der Waals surface area contributed by atoms with Crippen molar-refractivity contribution in [1.29, 1.82) is 0 Å². The maximum atomic E-state index is 14.4. The molecule has 0 atom stereocenters. The van der Waals surface area contributed by atoms with Crippen molar-refractivity contribution in [2.45, 2.75) is 47.1 Å². The Balaban J connectivity index is 1.25. The first-order valence-electron chi connectivity index (χ1n) is 18.1. The van der Waals surface area contributed by atoms with Gasteiger partial charge in [0, 0.05) is 62.5 Å². The fraction of sp³-hybridized carbons (Fsp3) is 0.385. The summed E-state index contributed by atoms with van der Waals surface area (Å²) in [6.45, 7) is 10.5. The SMILES string of the molecule is CCN(CC)CCNC(=O)c1c(C)[nH]c(/C=C2\C(=O)N(C(=O)NCCNC(=O)CCC(=O)NCC(=O)NCc3ccc(OC)cc3)c3ccc(F)cc32)c1C. The molecule has 1 aliphatic rings. The Hall–Kier alpha value is -6.03. The number of nitrogens with one attached hydrogen (secondary N) is 6. The maximum Gasteiger partial charge on any atom is 0.329 e. The lowest BCUT2D eigenvalue weighted by atomic mass is 10.0. The predicted molar refractivity (Wildman–Crippen MR) is 206 cm³/mol. The lowest BCUT2D eigenvalue weighted by Gasteiger charge is -2.18. The average Bonchev–Trinajstić information content (AvgIpc) is 3.61. The van der Waals surface area contributed by atoms with Crippen LogP contribution in [0.4, 0.5) is 14.9 Å². The lowest BCUT2D eigenvalue weighted by molar-refractivity contribution is -0.128. The fourth-order valence-corrected chi connectivity index (χ4v) is 6.00. The Morgan fingerprint density at radius 1 is 0.855 bits per heavy atom. The Bertz CT molecular complexity index is 1920. The van der Waals surface area contributed by atoms with E-state index in [1.54, 1.807) is 33.1 Å². The molecule has 0 fully saturated rings. The number of fused-ring (bicyclic) bond motifs is 1. The van der Waals surface area contributed by atoms with Crippen molar-refractivity contribution < 1.29 is 37.9 Å². The minimum Gasteiger partial charge on any atom is -0.497 e. The van der Waals surface area contributed by atoms with Gasteiger partial charge < -0.3 is 41.2 Å². The second-order valence-corrected chi connectivity index (χ2v) is 12.8. The number of hydrogen-bond donors (Lipinski definition) is 6. The average molecular weight is 761 g/mol.